The van der Waals surface area contributed by atoms with E-state index in [1.165, 1.54) is 26.8 Å². The molecule has 0 amide bonds. The standard InChI is InChI=1S/C35H42O9/c1-19-26(39)18-25-31(41-21(3)36)30-20(2)27(44-28(40)15-14-24-12-10-9-11-13-24)16-17-35(30,8)33(43-23(5)38)32(42-22(4)37)29(19)34(25,6)7/h9-15,25,27,30-33H,2,16-18H2,1,3-8H3/b15-14+/t25?,27-,30-,31+,32+,33-,35+/m0/s1. The number of allylic oxidation sites excluding steroid dienone is 1. The Morgan fingerprint density at radius 3 is 2.11 bits per heavy atom. The number of ketones is 1. The SMILES string of the molecule is C=C1[C@@H](OC(=O)/C=C/c2ccccc2)CC[C@@]2(C)[C@@H](OC(C)=O)[C@H](OC(C)=O)C3=C(C)C(=O)CC([C@@H](OC(C)=O)[C@H]12)C3(C)C. The molecule has 44 heavy (non-hydrogen) atoms. The molecule has 0 radical (unpaired) electrons. The van der Waals surface area contributed by atoms with E-state index in [1.54, 1.807) is 13.0 Å². The van der Waals surface area contributed by atoms with Gasteiger partial charge in [-0.25, -0.2) is 4.79 Å². The smallest absolute Gasteiger partial charge is 0.331 e. The fraction of sp³-hybridized carbons (Fsp3) is 0.514. The van der Waals surface area contributed by atoms with Gasteiger partial charge in [0.1, 0.15) is 18.3 Å². The number of carbonyl (C=O) groups is 5. The molecule has 2 fully saturated rings. The Morgan fingerprint density at radius 2 is 1.52 bits per heavy atom. The van der Waals surface area contributed by atoms with Crippen LogP contribution in [0, 0.1) is 22.7 Å². The third-order valence-corrected chi connectivity index (χ3v) is 9.61. The zero-order chi connectivity index (χ0) is 32.6. The fourth-order valence-corrected chi connectivity index (χ4v) is 7.65. The van der Waals surface area contributed by atoms with E-state index in [-0.39, 0.29) is 12.2 Å². The summed E-state index contributed by atoms with van der Waals surface area (Å²) in [6.45, 7) is 15.6. The van der Waals surface area contributed by atoms with Gasteiger partial charge in [-0.15, -0.1) is 0 Å². The summed E-state index contributed by atoms with van der Waals surface area (Å²) in [5.74, 6) is -3.76. The first kappa shape index (κ1) is 32.9. The molecule has 0 aliphatic heterocycles. The largest absolute Gasteiger partial charge is 0.462 e. The van der Waals surface area contributed by atoms with Crippen molar-refractivity contribution in [3.63, 3.8) is 0 Å². The molecule has 4 rings (SSSR count). The molecule has 9 heteroatoms. The van der Waals surface area contributed by atoms with E-state index < -0.39 is 71.0 Å². The summed E-state index contributed by atoms with van der Waals surface area (Å²) in [4.78, 5) is 64.4. The number of rotatable bonds is 6. The van der Waals surface area contributed by atoms with E-state index in [0.717, 1.165) is 5.56 Å². The van der Waals surface area contributed by atoms with E-state index in [0.29, 0.717) is 29.6 Å². The lowest BCUT2D eigenvalue weighted by Gasteiger charge is -2.59. The fourth-order valence-electron chi connectivity index (χ4n) is 7.65. The molecule has 0 heterocycles. The molecule has 1 aromatic rings. The normalized spacial score (nSPS) is 31.3. The average Bonchev–Trinajstić information content (AvgIpc) is 2.93. The molecular weight excluding hydrogens is 564 g/mol. The first-order valence-electron chi connectivity index (χ1n) is 15.0. The number of benzene rings is 1. The number of carbonyl (C=O) groups excluding carboxylic acids is 5. The van der Waals surface area contributed by atoms with Crippen molar-refractivity contribution < 1.29 is 42.9 Å². The Morgan fingerprint density at radius 1 is 0.909 bits per heavy atom. The number of hydrogen-bond acceptors (Lipinski definition) is 9. The Hall–Kier alpha value is -4.01. The van der Waals surface area contributed by atoms with Crippen molar-refractivity contribution in [3.05, 3.63) is 65.3 Å². The molecular formula is C35H42O9. The van der Waals surface area contributed by atoms with Gasteiger partial charge in [-0.1, -0.05) is 57.7 Å². The van der Waals surface area contributed by atoms with E-state index in [4.69, 9.17) is 18.9 Å². The van der Waals surface area contributed by atoms with Crippen molar-refractivity contribution in [2.75, 3.05) is 0 Å². The topological polar surface area (TPSA) is 122 Å². The summed E-state index contributed by atoms with van der Waals surface area (Å²) in [5.41, 5.74) is 0.459. The molecule has 3 aliphatic rings. The molecule has 7 atom stereocenters. The van der Waals surface area contributed by atoms with Gasteiger partial charge in [0.25, 0.3) is 0 Å². The van der Waals surface area contributed by atoms with Gasteiger partial charge in [-0.2, -0.15) is 0 Å². The van der Waals surface area contributed by atoms with Crippen LogP contribution in [-0.2, 0) is 42.9 Å². The summed E-state index contributed by atoms with van der Waals surface area (Å²) >= 11 is 0. The van der Waals surface area contributed by atoms with Crippen LogP contribution in [0.2, 0.25) is 0 Å². The molecule has 1 aromatic carbocycles. The monoisotopic (exact) mass is 606 g/mol. The van der Waals surface area contributed by atoms with Crippen molar-refractivity contribution in [1.82, 2.24) is 0 Å². The predicted octanol–water partition coefficient (Wildman–Crippen LogP) is 5.32. The van der Waals surface area contributed by atoms with Crippen molar-refractivity contribution in [2.45, 2.75) is 92.1 Å². The highest BCUT2D eigenvalue weighted by atomic mass is 16.6. The second kappa shape index (κ2) is 12.5. The second-order valence-corrected chi connectivity index (χ2v) is 12.9. The molecule has 0 aromatic heterocycles. The molecule has 9 nitrogen and oxygen atoms in total. The first-order chi connectivity index (χ1) is 20.6. The van der Waals surface area contributed by atoms with Crippen LogP contribution >= 0.6 is 0 Å². The average molecular weight is 607 g/mol. The highest BCUT2D eigenvalue weighted by Crippen LogP contribution is 2.60. The van der Waals surface area contributed by atoms with Gasteiger partial charge in [-0.05, 0) is 53.5 Å². The van der Waals surface area contributed by atoms with Gasteiger partial charge in [0, 0.05) is 50.5 Å². The zero-order valence-electron chi connectivity index (χ0n) is 26.5. The quantitative estimate of drug-likeness (QED) is 0.183. The van der Waals surface area contributed by atoms with Crippen molar-refractivity contribution in [3.8, 4) is 0 Å². The first-order valence-corrected chi connectivity index (χ1v) is 15.0. The zero-order valence-corrected chi connectivity index (χ0v) is 26.5. The Labute approximate surface area is 258 Å². The van der Waals surface area contributed by atoms with Gasteiger partial charge in [0.2, 0.25) is 0 Å². The highest BCUT2D eigenvalue weighted by Gasteiger charge is 2.64. The lowest BCUT2D eigenvalue weighted by molar-refractivity contribution is -0.202. The van der Waals surface area contributed by atoms with Gasteiger partial charge >= 0.3 is 23.9 Å². The van der Waals surface area contributed by atoms with Crippen LogP contribution in [0.4, 0.5) is 0 Å². The summed E-state index contributed by atoms with van der Waals surface area (Å²) in [6, 6.07) is 9.32. The van der Waals surface area contributed by atoms with Crippen LogP contribution in [0.15, 0.2) is 59.7 Å². The number of hydrogen-bond donors (Lipinski definition) is 0. The molecule has 0 spiro atoms. The van der Waals surface area contributed by atoms with Gasteiger partial charge in [0.15, 0.2) is 11.9 Å². The number of esters is 4. The number of fused-ring (bicyclic) bond motifs is 3. The van der Waals surface area contributed by atoms with Crippen LogP contribution in [0.25, 0.3) is 6.08 Å². The van der Waals surface area contributed by atoms with Gasteiger partial charge in [-0.3, -0.25) is 19.2 Å². The Bertz CT molecular complexity index is 1420. The lowest BCUT2D eigenvalue weighted by Crippen LogP contribution is -2.64. The minimum atomic E-state index is -1.08. The molecule has 236 valence electrons. The van der Waals surface area contributed by atoms with Crippen molar-refractivity contribution >= 4 is 35.7 Å². The third-order valence-electron chi connectivity index (χ3n) is 9.61. The molecule has 0 saturated heterocycles. The summed E-state index contributed by atoms with van der Waals surface area (Å²) in [7, 11) is 0. The van der Waals surface area contributed by atoms with Crippen molar-refractivity contribution in [1.29, 1.82) is 0 Å². The predicted molar refractivity (Wildman–Crippen MR) is 162 cm³/mol. The summed E-state index contributed by atoms with van der Waals surface area (Å²) in [5, 5.41) is 0. The molecule has 2 saturated carbocycles. The van der Waals surface area contributed by atoms with E-state index in [9.17, 15) is 24.0 Å². The van der Waals surface area contributed by atoms with E-state index in [1.807, 2.05) is 51.1 Å². The Balaban J connectivity index is 1.86. The van der Waals surface area contributed by atoms with E-state index in [2.05, 4.69) is 6.58 Å². The van der Waals surface area contributed by atoms with Gasteiger partial charge < -0.3 is 18.9 Å². The van der Waals surface area contributed by atoms with E-state index >= 15 is 0 Å². The maximum Gasteiger partial charge on any atom is 0.331 e. The minimum absolute atomic E-state index is 0.0788. The Kier molecular flexibility index (Phi) is 9.37. The second-order valence-electron chi connectivity index (χ2n) is 12.9. The molecule has 3 aliphatic carbocycles. The van der Waals surface area contributed by atoms with Crippen molar-refractivity contribution in [2.24, 2.45) is 22.7 Å². The maximum atomic E-state index is 13.5. The molecule has 0 N–H and O–H groups in total. The van der Waals surface area contributed by atoms with Crippen LogP contribution in [0.3, 0.4) is 0 Å². The van der Waals surface area contributed by atoms with Crippen LogP contribution in [0.5, 0.6) is 0 Å². The van der Waals surface area contributed by atoms with Gasteiger partial charge in [0.05, 0.1) is 0 Å². The minimum Gasteiger partial charge on any atom is -0.462 e. The molecule has 1 unspecified atom stereocenters. The summed E-state index contributed by atoms with van der Waals surface area (Å²) in [6.07, 6.45) is -0.0137. The third kappa shape index (κ3) is 6.28. The molecule has 2 bridgehead atoms. The van der Waals surface area contributed by atoms with Crippen LogP contribution in [-0.4, -0.2) is 54.1 Å². The number of ether oxygens (including phenoxy) is 4. The van der Waals surface area contributed by atoms with Crippen LogP contribution < -0.4 is 0 Å². The number of Topliss-reactive ketones (excluding diaryl/α,β-unsaturated/α-hetero) is 1. The maximum absolute atomic E-state index is 13.5. The van der Waals surface area contributed by atoms with Crippen LogP contribution in [0.1, 0.15) is 73.3 Å². The lowest BCUT2D eigenvalue weighted by atomic mass is 9.49. The summed E-state index contributed by atoms with van der Waals surface area (Å²) < 4.78 is 24.0. The highest BCUT2D eigenvalue weighted by molar-refractivity contribution is 5.97.